The van der Waals surface area contributed by atoms with E-state index in [-0.39, 0.29) is 0 Å². The molecule has 2 aromatic carbocycles. The largest absolute Gasteiger partial charge is 0.493 e. The van der Waals surface area contributed by atoms with Gasteiger partial charge in [0.15, 0.2) is 0 Å². The number of hydrogen-bond donors (Lipinski definition) is 0. The van der Waals surface area contributed by atoms with Crippen LogP contribution in [0.3, 0.4) is 0 Å². The summed E-state index contributed by atoms with van der Waals surface area (Å²) in [5.41, 5.74) is 1.44. The second-order valence-electron chi connectivity index (χ2n) is 4.53. The minimum Gasteiger partial charge on any atom is -0.493 e. The third-order valence-corrected chi connectivity index (χ3v) is 5.30. The zero-order chi connectivity index (χ0) is 13.1. The average molecular weight is 288 g/mol. The fourth-order valence-electron chi connectivity index (χ4n) is 2.24. The number of hydrogen-bond acceptors (Lipinski definition) is 3. The lowest BCUT2D eigenvalue weighted by atomic mass is 10.0. The molecule has 0 radical (unpaired) electrons. The van der Waals surface area contributed by atoms with Gasteiger partial charge in [-0.1, -0.05) is 18.2 Å². The first-order chi connectivity index (χ1) is 9.36. The van der Waals surface area contributed by atoms with Gasteiger partial charge in [-0.2, -0.15) is 0 Å². The number of rotatable bonds is 4. The summed E-state index contributed by atoms with van der Waals surface area (Å²) in [6, 6.07) is 17.0. The molecule has 3 rings (SSSR count). The number of thioether (sulfide) groups is 2. The molecule has 1 nitrogen and oxygen atoms in total. The van der Waals surface area contributed by atoms with Crippen molar-refractivity contribution < 1.29 is 4.74 Å². The van der Waals surface area contributed by atoms with Crippen LogP contribution in [-0.2, 0) is 0 Å². The van der Waals surface area contributed by atoms with E-state index in [1.54, 1.807) is 11.8 Å². The van der Waals surface area contributed by atoms with Crippen LogP contribution in [0.1, 0.15) is 11.5 Å². The molecule has 3 heteroatoms. The van der Waals surface area contributed by atoms with Gasteiger partial charge in [-0.15, -0.1) is 23.5 Å². The van der Waals surface area contributed by atoms with E-state index in [0.717, 1.165) is 18.1 Å². The maximum absolute atomic E-state index is 5.92. The maximum atomic E-state index is 5.92. The normalized spacial score (nSPS) is 17.2. The van der Waals surface area contributed by atoms with Crippen LogP contribution in [0.4, 0.5) is 0 Å². The third-order valence-electron chi connectivity index (χ3n) is 3.31. The van der Waals surface area contributed by atoms with Crippen molar-refractivity contribution in [1.29, 1.82) is 0 Å². The van der Waals surface area contributed by atoms with Gasteiger partial charge in [-0.05, 0) is 42.2 Å². The van der Waals surface area contributed by atoms with Crippen molar-refractivity contribution in [2.75, 3.05) is 18.6 Å². The van der Waals surface area contributed by atoms with Crippen LogP contribution in [0.25, 0.3) is 0 Å². The van der Waals surface area contributed by atoms with Gasteiger partial charge in [0, 0.05) is 21.5 Å². The van der Waals surface area contributed by atoms with Gasteiger partial charge in [0.2, 0.25) is 0 Å². The summed E-state index contributed by atoms with van der Waals surface area (Å²) in [6.45, 7) is 0.766. The molecule has 0 spiro atoms. The highest BCUT2D eigenvalue weighted by molar-refractivity contribution is 7.99. The van der Waals surface area contributed by atoms with Crippen LogP contribution >= 0.6 is 23.5 Å². The second kappa shape index (κ2) is 5.93. The molecular weight excluding hydrogens is 272 g/mol. The molecule has 1 atom stereocenters. The summed E-state index contributed by atoms with van der Waals surface area (Å²) < 4.78 is 5.92. The van der Waals surface area contributed by atoms with Crippen molar-refractivity contribution in [2.24, 2.45) is 0 Å². The molecule has 0 N–H and O–H groups in total. The predicted octanol–water partition coefficient (Wildman–Crippen LogP) is 4.68. The first kappa shape index (κ1) is 12.9. The first-order valence-corrected chi connectivity index (χ1v) is 8.56. The summed E-state index contributed by atoms with van der Waals surface area (Å²) >= 11 is 3.69. The third kappa shape index (κ3) is 2.93. The Labute approximate surface area is 122 Å². The summed E-state index contributed by atoms with van der Waals surface area (Å²) in [5, 5.41) is 0. The van der Waals surface area contributed by atoms with Crippen molar-refractivity contribution in [3.63, 3.8) is 0 Å². The molecule has 0 saturated carbocycles. The monoisotopic (exact) mass is 288 g/mol. The van der Waals surface area contributed by atoms with E-state index in [2.05, 4.69) is 54.8 Å². The van der Waals surface area contributed by atoms with Crippen molar-refractivity contribution in [2.45, 2.75) is 15.7 Å². The summed E-state index contributed by atoms with van der Waals surface area (Å²) in [5.74, 6) is 2.61. The van der Waals surface area contributed by atoms with Crippen molar-refractivity contribution in [3.8, 4) is 5.75 Å². The van der Waals surface area contributed by atoms with E-state index < -0.39 is 0 Å². The van der Waals surface area contributed by atoms with Crippen LogP contribution in [-0.4, -0.2) is 18.6 Å². The van der Waals surface area contributed by atoms with Crippen molar-refractivity contribution >= 4 is 23.5 Å². The quantitative estimate of drug-likeness (QED) is 0.756. The minimum atomic E-state index is 0.515. The lowest BCUT2D eigenvalue weighted by Gasteiger charge is -2.12. The number of ether oxygens (including phenoxy) is 1. The molecule has 0 aliphatic carbocycles. The Balaban J connectivity index is 1.64. The molecular formula is C16H16OS2. The van der Waals surface area contributed by atoms with E-state index in [4.69, 9.17) is 4.74 Å². The zero-order valence-corrected chi connectivity index (χ0v) is 12.5. The standard InChI is InChI=1S/C16H16OS2/c1-18-14-8-6-13(7-9-14)17-10-12-11-19-16-5-3-2-4-15(12)16/h2-9,12H,10-11H2,1H3. The highest BCUT2D eigenvalue weighted by atomic mass is 32.2. The van der Waals surface area contributed by atoms with Crippen LogP contribution in [0, 0.1) is 0 Å². The van der Waals surface area contributed by atoms with Crippen molar-refractivity contribution in [1.82, 2.24) is 0 Å². The Hall–Kier alpha value is -1.06. The van der Waals surface area contributed by atoms with Gasteiger partial charge < -0.3 is 4.74 Å². The molecule has 0 aromatic heterocycles. The zero-order valence-electron chi connectivity index (χ0n) is 10.8. The molecule has 19 heavy (non-hydrogen) atoms. The molecule has 98 valence electrons. The maximum Gasteiger partial charge on any atom is 0.119 e. The van der Waals surface area contributed by atoms with Crippen LogP contribution in [0.5, 0.6) is 5.75 Å². The first-order valence-electron chi connectivity index (χ1n) is 6.35. The molecule has 1 aliphatic rings. The molecule has 0 fully saturated rings. The molecule has 1 heterocycles. The van der Waals surface area contributed by atoms with E-state index >= 15 is 0 Å². The van der Waals surface area contributed by atoms with Crippen LogP contribution in [0.15, 0.2) is 58.3 Å². The highest BCUT2D eigenvalue weighted by Gasteiger charge is 2.23. The van der Waals surface area contributed by atoms with Gasteiger partial charge in [0.25, 0.3) is 0 Å². The fraction of sp³-hybridized carbons (Fsp3) is 0.250. The lowest BCUT2D eigenvalue weighted by molar-refractivity contribution is 0.298. The van der Waals surface area contributed by atoms with Crippen LogP contribution in [0.2, 0.25) is 0 Å². The Bertz CT molecular complexity index is 551. The second-order valence-corrected chi connectivity index (χ2v) is 6.47. The number of benzene rings is 2. The molecule has 1 aliphatic heterocycles. The highest BCUT2D eigenvalue weighted by Crippen LogP contribution is 2.39. The molecule has 0 bridgehead atoms. The Morgan fingerprint density at radius 2 is 1.95 bits per heavy atom. The van der Waals surface area contributed by atoms with Crippen LogP contribution < -0.4 is 4.74 Å². The fourth-order valence-corrected chi connectivity index (χ4v) is 3.88. The van der Waals surface area contributed by atoms with E-state index in [0.29, 0.717) is 5.92 Å². The lowest BCUT2D eigenvalue weighted by Crippen LogP contribution is -2.09. The van der Waals surface area contributed by atoms with Crippen molar-refractivity contribution in [3.05, 3.63) is 54.1 Å². The SMILES string of the molecule is CSc1ccc(OCC2CSc3ccccc32)cc1. The minimum absolute atomic E-state index is 0.515. The molecule has 0 saturated heterocycles. The topological polar surface area (TPSA) is 9.23 Å². The summed E-state index contributed by atoms with van der Waals surface area (Å²) in [7, 11) is 0. The Kier molecular flexibility index (Phi) is 4.04. The average Bonchev–Trinajstić information content (AvgIpc) is 2.89. The van der Waals surface area contributed by atoms with Gasteiger partial charge in [0.1, 0.15) is 5.75 Å². The van der Waals surface area contributed by atoms with Gasteiger partial charge >= 0.3 is 0 Å². The van der Waals surface area contributed by atoms with E-state index in [1.165, 1.54) is 15.4 Å². The van der Waals surface area contributed by atoms with E-state index in [9.17, 15) is 0 Å². The molecule has 1 unspecified atom stereocenters. The summed E-state index contributed by atoms with van der Waals surface area (Å²) in [4.78, 5) is 2.68. The predicted molar refractivity (Wildman–Crippen MR) is 83.6 cm³/mol. The smallest absolute Gasteiger partial charge is 0.119 e. The van der Waals surface area contributed by atoms with Gasteiger partial charge in [-0.25, -0.2) is 0 Å². The number of fused-ring (bicyclic) bond motifs is 1. The molecule has 0 amide bonds. The van der Waals surface area contributed by atoms with E-state index in [1.807, 2.05) is 11.8 Å². The van der Waals surface area contributed by atoms with Gasteiger partial charge in [-0.3, -0.25) is 0 Å². The molecule has 2 aromatic rings. The Morgan fingerprint density at radius 1 is 1.16 bits per heavy atom. The van der Waals surface area contributed by atoms with Gasteiger partial charge in [0.05, 0.1) is 6.61 Å². The Morgan fingerprint density at radius 3 is 2.74 bits per heavy atom. The summed E-state index contributed by atoms with van der Waals surface area (Å²) in [6.07, 6.45) is 2.09.